The van der Waals surface area contributed by atoms with Gasteiger partial charge in [0.05, 0.1) is 5.92 Å². The fourth-order valence-corrected chi connectivity index (χ4v) is 2.74. The lowest BCUT2D eigenvalue weighted by Gasteiger charge is -2.28. The fraction of sp³-hybridized carbons (Fsp3) is 0.533. The van der Waals surface area contributed by atoms with Crippen LogP contribution in [0.2, 0.25) is 0 Å². The molecule has 0 spiro atoms. The van der Waals surface area contributed by atoms with E-state index in [1.54, 1.807) is 0 Å². The average molecular weight is 247 g/mol. The smallest absolute Gasteiger partial charge is 0.311 e. The molecule has 1 aliphatic heterocycles. The van der Waals surface area contributed by atoms with Crippen LogP contribution in [0.5, 0.6) is 0 Å². The van der Waals surface area contributed by atoms with E-state index in [0.717, 1.165) is 37.9 Å². The average Bonchev–Trinajstić information content (AvgIpc) is 2.40. The lowest BCUT2D eigenvalue weighted by Crippen LogP contribution is -2.36. The van der Waals surface area contributed by atoms with Gasteiger partial charge >= 0.3 is 5.97 Å². The molecule has 0 aliphatic carbocycles. The Balaban J connectivity index is 2.20. The van der Waals surface area contributed by atoms with Crippen molar-refractivity contribution >= 4 is 5.97 Å². The number of rotatable bonds is 4. The Labute approximate surface area is 108 Å². The summed E-state index contributed by atoms with van der Waals surface area (Å²) in [4.78, 5) is 11.5. The first-order chi connectivity index (χ1) is 8.72. The summed E-state index contributed by atoms with van der Waals surface area (Å²) in [5, 5.41) is 12.8. The maximum atomic E-state index is 11.5. The van der Waals surface area contributed by atoms with E-state index < -0.39 is 5.97 Å². The third-order valence-corrected chi connectivity index (χ3v) is 3.82. The summed E-state index contributed by atoms with van der Waals surface area (Å²) in [5.41, 5.74) is 2.19. The molecule has 1 fully saturated rings. The molecule has 0 aromatic heterocycles. The van der Waals surface area contributed by atoms with Crippen molar-refractivity contribution in [3.8, 4) is 0 Å². The molecule has 1 aromatic carbocycles. The van der Waals surface area contributed by atoms with E-state index in [4.69, 9.17) is 0 Å². The summed E-state index contributed by atoms with van der Waals surface area (Å²) in [6.45, 7) is 3.93. The van der Waals surface area contributed by atoms with Gasteiger partial charge < -0.3 is 10.4 Å². The van der Waals surface area contributed by atoms with Crippen LogP contribution in [-0.2, 0) is 11.2 Å². The molecule has 2 N–H and O–H groups in total. The summed E-state index contributed by atoms with van der Waals surface area (Å²) in [6, 6.07) is 8.04. The first-order valence-corrected chi connectivity index (χ1v) is 6.74. The molecule has 98 valence electrons. The second kappa shape index (κ2) is 6.01. The minimum Gasteiger partial charge on any atom is -0.481 e. The number of benzene rings is 1. The number of nitrogens with one attached hydrogen (secondary N) is 1. The van der Waals surface area contributed by atoms with Gasteiger partial charge in [-0.05, 0) is 49.4 Å². The predicted octanol–water partition coefficient (Wildman–Crippen LogP) is 2.42. The molecule has 1 heterocycles. The van der Waals surface area contributed by atoms with Gasteiger partial charge in [0.25, 0.3) is 0 Å². The van der Waals surface area contributed by atoms with Crippen LogP contribution in [0.15, 0.2) is 24.3 Å². The molecule has 3 heteroatoms. The zero-order valence-corrected chi connectivity index (χ0v) is 10.9. The van der Waals surface area contributed by atoms with Crippen LogP contribution in [0.4, 0.5) is 0 Å². The van der Waals surface area contributed by atoms with Crippen LogP contribution in [0.25, 0.3) is 0 Å². The van der Waals surface area contributed by atoms with E-state index in [9.17, 15) is 9.90 Å². The number of hydrogen-bond donors (Lipinski definition) is 2. The molecule has 18 heavy (non-hydrogen) atoms. The van der Waals surface area contributed by atoms with E-state index in [1.807, 2.05) is 24.3 Å². The summed E-state index contributed by atoms with van der Waals surface area (Å²) >= 11 is 0. The molecule has 3 nitrogen and oxygen atoms in total. The quantitative estimate of drug-likeness (QED) is 0.859. The van der Waals surface area contributed by atoms with E-state index in [1.165, 1.54) is 5.56 Å². The van der Waals surface area contributed by atoms with E-state index in [-0.39, 0.29) is 11.8 Å². The standard InChI is InChI=1S/C15H21NO2/c1-2-11-5-7-12(8-6-11)14(15(17)18)13-4-3-9-16-10-13/h5-8,13-14,16H,2-4,9-10H2,1H3,(H,17,18). The molecule has 0 saturated carbocycles. The van der Waals surface area contributed by atoms with Crippen LogP contribution in [-0.4, -0.2) is 24.2 Å². The zero-order valence-electron chi connectivity index (χ0n) is 10.9. The second-order valence-corrected chi connectivity index (χ2v) is 5.02. The Hall–Kier alpha value is -1.35. The van der Waals surface area contributed by atoms with Crippen molar-refractivity contribution in [2.45, 2.75) is 32.1 Å². The molecule has 1 saturated heterocycles. The van der Waals surface area contributed by atoms with Crippen LogP contribution in [0, 0.1) is 5.92 Å². The van der Waals surface area contributed by atoms with Crippen molar-refractivity contribution in [3.63, 3.8) is 0 Å². The minimum atomic E-state index is -0.701. The Kier molecular flexibility index (Phi) is 4.37. The second-order valence-electron chi connectivity index (χ2n) is 5.02. The first-order valence-electron chi connectivity index (χ1n) is 6.74. The largest absolute Gasteiger partial charge is 0.481 e. The highest BCUT2D eigenvalue weighted by molar-refractivity contribution is 5.76. The molecular formula is C15H21NO2. The van der Waals surface area contributed by atoms with E-state index >= 15 is 0 Å². The Morgan fingerprint density at radius 3 is 2.67 bits per heavy atom. The van der Waals surface area contributed by atoms with Gasteiger partial charge in [-0.15, -0.1) is 0 Å². The number of carbonyl (C=O) groups is 1. The molecular weight excluding hydrogens is 226 g/mol. The number of carboxylic acid groups (broad SMARTS) is 1. The molecule has 0 bridgehead atoms. The van der Waals surface area contributed by atoms with Gasteiger partial charge in [-0.3, -0.25) is 4.79 Å². The monoisotopic (exact) mass is 247 g/mol. The molecule has 0 radical (unpaired) electrons. The first kappa shape index (κ1) is 13.1. The van der Waals surface area contributed by atoms with Crippen LogP contribution >= 0.6 is 0 Å². The normalized spacial score (nSPS) is 21.5. The molecule has 1 aromatic rings. The third kappa shape index (κ3) is 2.91. The maximum absolute atomic E-state index is 11.5. The van der Waals surface area contributed by atoms with Crippen LogP contribution < -0.4 is 5.32 Å². The molecule has 1 aliphatic rings. The van der Waals surface area contributed by atoms with Crippen molar-refractivity contribution in [3.05, 3.63) is 35.4 Å². The zero-order chi connectivity index (χ0) is 13.0. The summed E-state index contributed by atoms with van der Waals surface area (Å²) in [5.74, 6) is -0.861. The van der Waals surface area contributed by atoms with Gasteiger partial charge in [0.15, 0.2) is 0 Å². The van der Waals surface area contributed by atoms with Gasteiger partial charge in [-0.25, -0.2) is 0 Å². The highest BCUT2D eigenvalue weighted by Crippen LogP contribution is 2.30. The Morgan fingerprint density at radius 1 is 1.44 bits per heavy atom. The van der Waals surface area contributed by atoms with Gasteiger partial charge in [-0.1, -0.05) is 31.2 Å². The molecule has 2 atom stereocenters. The summed E-state index contributed by atoms with van der Waals surface area (Å²) in [6.07, 6.45) is 3.06. The molecule has 2 rings (SSSR count). The van der Waals surface area contributed by atoms with Gasteiger partial charge in [-0.2, -0.15) is 0 Å². The lowest BCUT2D eigenvalue weighted by molar-refractivity contribution is -0.140. The number of hydrogen-bond acceptors (Lipinski definition) is 2. The molecule has 2 unspecified atom stereocenters. The van der Waals surface area contributed by atoms with Crippen molar-refractivity contribution in [2.75, 3.05) is 13.1 Å². The van der Waals surface area contributed by atoms with E-state index in [2.05, 4.69) is 12.2 Å². The van der Waals surface area contributed by atoms with Gasteiger partial charge in [0.2, 0.25) is 0 Å². The van der Waals surface area contributed by atoms with E-state index in [0.29, 0.717) is 0 Å². The van der Waals surface area contributed by atoms with Crippen molar-refractivity contribution in [1.82, 2.24) is 5.32 Å². The maximum Gasteiger partial charge on any atom is 0.311 e. The van der Waals surface area contributed by atoms with Crippen molar-refractivity contribution in [2.24, 2.45) is 5.92 Å². The Morgan fingerprint density at radius 2 is 2.17 bits per heavy atom. The van der Waals surface area contributed by atoms with Crippen molar-refractivity contribution < 1.29 is 9.90 Å². The van der Waals surface area contributed by atoms with Crippen LogP contribution in [0.1, 0.15) is 36.8 Å². The summed E-state index contributed by atoms with van der Waals surface area (Å²) < 4.78 is 0. The number of aryl methyl sites for hydroxylation is 1. The minimum absolute atomic E-state index is 0.212. The number of piperidine rings is 1. The third-order valence-electron chi connectivity index (χ3n) is 3.82. The van der Waals surface area contributed by atoms with Crippen molar-refractivity contribution in [1.29, 1.82) is 0 Å². The topological polar surface area (TPSA) is 49.3 Å². The lowest BCUT2D eigenvalue weighted by atomic mass is 9.81. The highest BCUT2D eigenvalue weighted by Gasteiger charge is 2.30. The fourth-order valence-electron chi connectivity index (χ4n) is 2.74. The summed E-state index contributed by atoms with van der Waals surface area (Å²) in [7, 11) is 0. The Bertz CT molecular complexity index is 393. The van der Waals surface area contributed by atoms with Crippen LogP contribution in [0.3, 0.4) is 0 Å². The van der Waals surface area contributed by atoms with Gasteiger partial charge in [0, 0.05) is 0 Å². The van der Waals surface area contributed by atoms with Gasteiger partial charge in [0.1, 0.15) is 0 Å². The SMILES string of the molecule is CCc1ccc(C(C(=O)O)C2CCCNC2)cc1. The number of aliphatic carboxylic acids is 1. The predicted molar refractivity (Wildman–Crippen MR) is 71.8 cm³/mol. The molecule has 0 amide bonds. The number of carboxylic acids is 1. The highest BCUT2D eigenvalue weighted by atomic mass is 16.4.